The van der Waals surface area contributed by atoms with E-state index in [0.717, 1.165) is 51.4 Å². The highest BCUT2D eigenvalue weighted by molar-refractivity contribution is 6.01. The van der Waals surface area contributed by atoms with E-state index in [1.807, 2.05) is 0 Å². The highest BCUT2D eigenvalue weighted by Gasteiger charge is 2.49. The number of unbranched alkanes of at least 4 members (excludes halogenated alkanes) is 9. The van der Waals surface area contributed by atoms with Crippen molar-refractivity contribution >= 4 is 23.7 Å². The van der Waals surface area contributed by atoms with Crippen molar-refractivity contribution in [2.24, 2.45) is 0 Å². The molecule has 0 saturated carbocycles. The van der Waals surface area contributed by atoms with Crippen molar-refractivity contribution in [1.29, 1.82) is 0 Å². The second-order valence-electron chi connectivity index (χ2n) is 15.6. The predicted octanol–water partition coefficient (Wildman–Crippen LogP) is -3.11. The van der Waals surface area contributed by atoms with Crippen LogP contribution in [0, 0.1) is 0 Å². The quantitative estimate of drug-likeness (QED) is 0.0321. The monoisotopic (exact) mass is 868 g/mol. The van der Waals surface area contributed by atoms with Crippen molar-refractivity contribution in [3.05, 3.63) is 0 Å². The van der Waals surface area contributed by atoms with Gasteiger partial charge in [-0.1, -0.05) is 51.4 Å². The summed E-state index contributed by atoms with van der Waals surface area (Å²) in [6.07, 6.45) is -11.3. The van der Waals surface area contributed by atoms with Gasteiger partial charge in [0.25, 0.3) is 11.8 Å². The minimum absolute atomic E-state index is 0.0641. The molecule has 4 saturated heterocycles. The maximum absolute atomic E-state index is 12.5. The Hall–Kier alpha value is -2.52. The molecule has 22 heteroatoms. The number of hydrogen-bond acceptors (Lipinski definition) is 20. The van der Waals surface area contributed by atoms with E-state index in [4.69, 9.17) is 33.3 Å². The standard InChI is InChI=1S/C38H64N2O20/c41-18-23-29(47)32(50)34(52)37(58-23)55-20-21-17-22(57-38-35(53)33(51)30(48)24(19-42)59-38)31(49)36(56-21)54-16-15-39-25(43)11-9-7-5-3-1-2-4-6-8-10-12-28(46)60-40-26(44)13-14-27(40)45/h21-24,29-38,41-42,47-53H,1-20H2,(H,39,43)/t21?,22?,23?,24?,29-,30-,31?,32?,33?,34?,35?,36?,37+,38+/m1/s1. The van der Waals surface area contributed by atoms with E-state index in [0.29, 0.717) is 24.3 Å². The van der Waals surface area contributed by atoms with E-state index in [1.165, 1.54) is 0 Å². The summed E-state index contributed by atoms with van der Waals surface area (Å²) in [7, 11) is 0. The van der Waals surface area contributed by atoms with Gasteiger partial charge in [0, 0.05) is 38.6 Å². The fraction of sp³-hybridized carbons (Fsp3) is 0.895. The number of nitrogens with zero attached hydrogens (tertiary/aromatic N) is 1. The van der Waals surface area contributed by atoms with Gasteiger partial charge in [-0.15, -0.1) is 5.06 Å². The lowest BCUT2D eigenvalue weighted by atomic mass is 9.98. The molecule has 14 atom stereocenters. The molecule has 22 nitrogen and oxygen atoms in total. The molecule has 0 radical (unpaired) electrons. The highest BCUT2D eigenvalue weighted by Crippen LogP contribution is 2.30. The van der Waals surface area contributed by atoms with Crippen LogP contribution in [0.1, 0.15) is 96.3 Å². The van der Waals surface area contributed by atoms with Crippen LogP contribution in [0.3, 0.4) is 0 Å². The van der Waals surface area contributed by atoms with Crippen molar-refractivity contribution in [3.8, 4) is 0 Å². The summed E-state index contributed by atoms with van der Waals surface area (Å²) in [6, 6.07) is 0. The van der Waals surface area contributed by atoms with Gasteiger partial charge in [0.15, 0.2) is 18.9 Å². The van der Waals surface area contributed by atoms with Gasteiger partial charge in [0.1, 0.15) is 54.9 Å². The topological polar surface area (TPSA) is 330 Å². The lowest BCUT2D eigenvalue weighted by molar-refractivity contribution is -0.348. The molecule has 0 aromatic rings. The third-order valence-corrected chi connectivity index (χ3v) is 10.9. The van der Waals surface area contributed by atoms with E-state index in [2.05, 4.69) is 5.32 Å². The Kier molecular flexibility index (Phi) is 21.4. The Balaban J connectivity index is 1.11. The largest absolute Gasteiger partial charge is 0.394 e. The lowest BCUT2D eigenvalue weighted by Gasteiger charge is -2.44. The SMILES string of the molecule is O=C(CCCCCCCCCCCCC(=O)ON1C(=O)CCC1=O)NCCOC1OC(CO[C@H]2OC(CO)[C@@H](O)C(O)C2O)CC(O[C@H]2OC(CO)[C@@H](O)C(O)C2O)C1O. The zero-order chi connectivity index (χ0) is 43.8. The van der Waals surface area contributed by atoms with Gasteiger partial charge in [-0.05, 0) is 12.8 Å². The number of ether oxygens (including phenoxy) is 6. The molecule has 0 spiro atoms. The summed E-state index contributed by atoms with van der Waals surface area (Å²) in [4.78, 5) is 52.2. The number of hydroxylamine groups is 2. The number of nitrogens with one attached hydrogen (secondary N) is 1. The van der Waals surface area contributed by atoms with Gasteiger partial charge >= 0.3 is 5.97 Å². The molecule has 4 rings (SSSR count). The molecule has 0 bridgehead atoms. The lowest BCUT2D eigenvalue weighted by Crippen LogP contribution is -2.62. The van der Waals surface area contributed by atoms with Gasteiger partial charge in [0.05, 0.1) is 38.6 Å². The van der Waals surface area contributed by atoms with Crippen LogP contribution < -0.4 is 5.32 Å². The third kappa shape index (κ3) is 14.8. The predicted molar refractivity (Wildman–Crippen MR) is 199 cm³/mol. The molecule has 3 amide bonds. The van der Waals surface area contributed by atoms with Gasteiger partial charge in [-0.3, -0.25) is 14.4 Å². The Bertz CT molecular complexity index is 1310. The first kappa shape index (κ1) is 50.1. The van der Waals surface area contributed by atoms with E-state index in [1.54, 1.807) is 0 Å². The number of aliphatic hydroxyl groups is 9. The number of imide groups is 1. The minimum Gasteiger partial charge on any atom is -0.394 e. The second kappa shape index (κ2) is 25.6. The average molecular weight is 869 g/mol. The summed E-state index contributed by atoms with van der Waals surface area (Å²) >= 11 is 0. The van der Waals surface area contributed by atoms with E-state index in [-0.39, 0.29) is 51.3 Å². The summed E-state index contributed by atoms with van der Waals surface area (Å²) in [5.74, 6) is -1.75. The summed E-state index contributed by atoms with van der Waals surface area (Å²) in [5, 5.41) is 95.0. The fourth-order valence-corrected chi connectivity index (χ4v) is 7.27. The van der Waals surface area contributed by atoms with E-state index >= 15 is 0 Å². The Morgan fingerprint density at radius 3 is 1.68 bits per heavy atom. The van der Waals surface area contributed by atoms with E-state index < -0.39 is 117 Å². The number of carbonyl (C=O) groups excluding carboxylic acids is 4. The average Bonchev–Trinajstić information content (AvgIpc) is 3.55. The van der Waals surface area contributed by atoms with Gasteiger partial charge in [-0.2, -0.15) is 0 Å². The minimum atomic E-state index is -1.77. The smallest absolute Gasteiger partial charge is 0.333 e. The molecule has 346 valence electrons. The van der Waals surface area contributed by atoms with Crippen molar-refractivity contribution in [3.63, 3.8) is 0 Å². The number of carbonyl (C=O) groups is 4. The van der Waals surface area contributed by atoms with Gasteiger partial charge in [0.2, 0.25) is 5.91 Å². The zero-order valence-electron chi connectivity index (χ0n) is 33.7. The fourth-order valence-electron chi connectivity index (χ4n) is 7.27. The van der Waals surface area contributed by atoms with Crippen LogP contribution in [0.15, 0.2) is 0 Å². The van der Waals surface area contributed by atoms with Crippen LogP contribution in [0.2, 0.25) is 0 Å². The number of aliphatic hydroxyl groups excluding tert-OH is 9. The second-order valence-corrected chi connectivity index (χ2v) is 15.6. The van der Waals surface area contributed by atoms with Gasteiger partial charge in [-0.25, -0.2) is 4.79 Å². The molecule has 4 aliphatic heterocycles. The van der Waals surface area contributed by atoms with Crippen LogP contribution in [0.25, 0.3) is 0 Å². The first-order chi connectivity index (χ1) is 28.7. The Morgan fingerprint density at radius 1 is 0.617 bits per heavy atom. The zero-order valence-corrected chi connectivity index (χ0v) is 33.7. The molecule has 10 unspecified atom stereocenters. The molecule has 0 aliphatic carbocycles. The van der Waals surface area contributed by atoms with Crippen LogP contribution in [-0.2, 0) is 52.4 Å². The van der Waals surface area contributed by atoms with Crippen molar-refractivity contribution in [2.75, 3.05) is 33.0 Å². The Morgan fingerprint density at radius 2 is 1.12 bits per heavy atom. The molecule has 0 aromatic heterocycles. The normalized spacial score (nSPS) is 34.9. The summed E-state index contributed by atoms with van der Waals surface area (Å²) in [5.41, 5.74) is 0. The molecule has 4 heterocycles. The van der Waals surface area contributed by atoms with Crippen molar-refractivity contribution < 1.29 is 98.4 Å². The van der Waals surface area contributed by atoms with Crippen LogP contribution in [-0.4, -0.2) is 194 Å². The molecule has 4 fully saturated rings. The molecular formula is C38H64N2O20. The van der Waals surface area contributed by atoms with Gasteiger partial charge < -0.3 is 84.5 Å². The Labute approximate surface area is 347 Å². The van der Waals surface area contributed by atoms with Crippen LogP contribution in [0.4, 0.5) is 0 Å². The maximum atomic E-state index is 12.5. The molecule has 60 heavy (non-hydrogen) atoms. The summed E-state index contributed by atoms with van der Waals surface area (Å²) in [6.45, 7) is -1.78. The summed E-state index contributed by atoms with van der Waals surface area (Å²) < 4.78 is 33.9. The first-order valence-electron chi connectivity index (χ1n) is 20.9. The maximum Gasteiger partial charge on any atom is 0.333 e. The van der Waals surface area contributed by atoms with E-state index in [9.17, 15) is 65.1 Å². The third-order valence-electron chi connectivity index (χ3n) is 10.9. The first-order valence-corrected chi connectivity index (χ1v) is 20.9. The molecule has 4 aliphatic rings. The highest BCUT2D eigenvalue weighted by atomic mass is 16.7. The number of amides is 3. The van der Waals surface area contributed by atoms with Crippen LogP contribution in [0.5, 0.6) is 0 Å². The number of hydrogen-bond donors (Lipinski definition) is 10. The molecular weight excluding hydrogens is 804 g/mol. The molecule has 10 N–H and O–H groups in total. The molecule has 0 aromatic carbocycles. The van der Waals surface area contributed by atoms with Crippen LogP contribution >= 0.6 is 0 Å². The number of rotatable bonds is 25. The van der Waals surface area contributed by atoms with Crippen molar-refractivity contribution in [1.82, 2.24) is 10.4 Å². The van der Waals surface area contributed by atoms with Crippen molar-refractivity contribution in [2.45, 2.75) is 182 Å².